The van der Waals surface area contributed by atoms with Crippen molar-refractivity contribution >= 4 is 11.6 Å². The fourth-order valence-corrected chi connectivity index (χ4v) is 1.38. The Labute approximate surface area is 75.0 Å². The van der Waals surface area contributed by atoms with Crippen LogP contribution in [0.3, 0.4) is 0 Å². The normalized spacial score (nSPS) is 22.4. The summed E-state index contributed by atoms with van der Waals surface area (Å²) in [5, 5.41) is 16.5. The van der Waals surface area contributed by atoms with Gasteiger partial charge in [0.2, 0.25) is 5.91 Å². The van der Waals surface area contributed by atoms with Gasteiger partial charge in [0.05, 0.1) is 37.2 Å². The van der Waals surface area contributed by atoms with Crippen LogP contribution in [0.15, 0.2) is 18.5 Å². The smallest absolute Gasteiger partial charge is 0.229 e. The molecule has 0 bridgehead atoms. The monoisotopic (exact) mass is 179 g/mol. The molecule has 2 rings (SSSR count). The Morgan fingerprint density at radius 2 is 2.38 bits per heavy atom. The molecule has 1 fully saturated rings. The summed E-state index contributed by atoms with van der Waals surface area (Å²) < 4.78 is 0. The number of carbonyl (C=O) groups excluding carboxylic acids is 1. The van der Waals surface area contributed by atoms with E-state index < -0.39 is 6.10 Å². The number of anilines is 1. The van der Waals surface area contributed by atoms with Gasteiger partial charge in [-0.3, -0.25) is 4.79 Å². The van der Waals surface area contributed by atoms with E-state index in [0.29, 0.717) is 12.2 Å². The number of β-amino-alcohol motifs (C(OH)–C–C–N with tert-alkyl or cyclic N) is 1. The number of carbonyl (C=O) groups is 1. The highest BCUT2D eigenvalue weighted by Gasteiger charge is 2.28. The largest absolute Gasteiger partial charge is 0.391 e. The number of aromatic nitrogens is 2. The van der Waals surface area contributed by atoms with Gasteiger partial charge in [-0.05, 0) is 6.07 Å². The summed E-state index contributed by atoms with van der Waals surface area (Å²) in [6.45, 7) is 0.352. The summed E-state index contributed by atoms with van der Waals surface area (Å²) in [7, 11) is 0. The third-order valence-corrected chi connectivity index (χ3v) is 1.98. The zero-order chi connectivity index (χ0) is 9.26. The molecule has 0 saturated carbocycles. The van der Waals surface area contributed by atoms with Crippen molar-refractivity contribution in [1.82, 2.24) is 10.2 Å². The van der Waals surface area contributed by atoms with Crippen LogP contribution < -0.4 is 4.90 Å². The minimum atomic E-state index is -0.555. The molecule has 1 aliphatic rings. The number of amides is 1. The second-order valence-corrected chi connectivity index (χ2v) is 2.96. The lowest BCUT2D eigenvalue weighted by Crippen LogP contribution is -2.25. The first-order valence-corrected chi connectivity index (χ1v) is 4.02. The lowest BCUT2D eigenvalue weighted by Gasteiger charge is -2.13. The highest BCUT2D eigenvalue weighted by molar-refractivity contribution is 5.95. The fourth-order valence-electron chi connectivity index (χ4n) is 1.38. The molecule has 5 nitrogen and oxygen atoms in total. The van der Waals surface area contributed by atoms with Gasteiger partial charge in [0.15, 0.2) is 0 Å². The maximum absolute atomic E-state index is 11.3. The average molecular weight is 179 g/mol. The van der Waals surface area contributed by atoms with E-state index in [4.69, 9.17) is 0 Å². The van der Waals surface area contributed by atoms with Gasteiger partial charge in [0, 0.05) is 0 Å². The minimum absolute atomic E-state index is 0.0690. The van der Waals surface area contributed by atoms with E-state index >= 15 is 0 Å². The molecule has 0 aromatic carbocycles. The Hall–Kier alpha value is -1.49. The lowest BCUT2D eigenvalue weighted by atomic mass is 10.3. The first kappa shape index (κ1) is 8.12. The Bertz CT molecular complexity index is 314. The Kier molecular flexibility index (Phi) is 1.94. The molecule has 0 aliphatic carbocycles. The van der Waals surface area contributed by atoms with Gasteiger partial charge < -0.3 is 10.0 Å². The third-order valence-electron chi connectivity index (χ3n) is 1.98. The van der Waals surface area contributed by atoms with Crippen LogP contribution in [-0.2, 0) is 4.79 Å². The average Bonchev–Trinajstić information content (AvgIpc) is 2.47. The maximum Gasteiger partial charge on any atom is 0.229 e. The number of hydrogen-bond acceptors (Lipinski definition) is 4. The Morgan fingerprint density at radius 3 is 2.92 bits per heavy atom. The first-order valence-electron chi connectivity index (χ1n) is 4.02. The van der Waals surface area contributed by atoms with E-state index in [1.54, 1.807) is 6.07 Å². The van der Waals surface area contributed by atoms with E-state index in [-0.39, 0.29) is 12.3 Å². The van der Waals surface area contributed by atoms with Crippen LogP contribution in [0.1, 0.15) is 6.42 Å². The predicted molar refractivity (Wildman–Crippen MR) is 45.0 cm³/mol. The molecule has 1 aromatic rings. The second kappa shape index (κ2) is 3.10. The van der Waals surface area contributed by atoms with Crippen LogP contribution in [0.5, 0.6) is 0 Å². The van der Waals surface area contributed by atoms with Crippen molar-refractivity contribution in [3.8, 4) is 0 Å². The summed E-state index contributed by atoms with van der Waals surface area (Å²) in [6, 6.07) is 1.70. The van der Waals surface area contributed by atoms with Crippen molar-refractivity contribution in [2.75, 3.05) is 11.4 Å². The highest BCUT2D eigenvalue weighted by Crippen LogP contribution is 2.19. The van der Waals surface area contributed by atoms with Crippen LogP contribution in [0.4, 0.5) is 5.69 Å². The molecule has 1 aliphatic heterocycles. The lowest BCUT2D eigenvalue weighted by molar-refractivity contribution is -0.117. The zero-order valence-electron chi connectivity index (χ0n) is 6.92. The fraction of sp³-hybridized carbons (Fsp3) is 0.375. The summed E-state index contributed by atoms with van der Waals surface area (Å²) in [6.07, 6.45) is 2.67. The molecule has 1 atom stereocenters. The van der Waals surface area contributed by atoms with Crippen LogP contribution in [0.25, 0.3) is 0 Å². The first-order chi connectivity index (χ1) is 6.27. The van der Waals surface area contributed by atoms with Crippen molar-refractivity contribution in [1.29, 1.82) is 0 Å². The van der Waals surface area contributed by atoms with Crippen molar-refractivity contribution < 1.29 is 9.90 Å². The molecule has 68 valence electrons. The van der Waals surface area contributed by atoms with Crippen molar-refractivity contribution in [3.63, 3.8) is 0 Å². The van der Waals surface area contributed by atoms with Gasteiger partial charge in [0.1, 0.15) is 0 Å². The summed E-state index contributed by atoms with van der Waals surface area (Å²) in [4.78, 5) is 12.8. The third kappa shape index (κ3) is 1.50. The van der Waals surface area contributed by atoms with Crippen LogP contribution in [-0.4, -0.2) is 33.9 Å². The molecule has 0 radical (unpaired) electrons. The summed E-state index contributed by atoms with van der Waals surface area (Å²) >= 11 is 0. The van der Waals surface area contributed by atoms with E-state index in [1.165, 1.54) is 17.3 Å². The molecule has 1 unspecified atom stereocenters. The number of rotatable bonds is 1. The van der Waals surface area contributed by atoms with Gasteiger partial charge in [-0.1, -0.05) is 0 Å². The molecule has 1 saturated heterocycles. The van der Waals surface area contributed by atoms with Crippen molar-refractivity contribution in [2.24, 2.45) is 0 Å². The number of hydrogen-bond donors (Lipinski definition) is 1. The van der Waals surface area contributed by atoms with E-state index in [9.17, 15) is 9.90 Å². The second-order valence-electron chi connectivity index (χ2n) is 2.96. The Balaban J connectivity index is 2.23. The van der Waals surface area contributed by atoms with E-state index in [2.05, 4.69) is 10.2 Å². The molecule has 1 N–H and O–H groups in total. The Morgan fingerprint density at radius 1 is 1.54 bits per heavy atom. The van der Waals surface area contributed by atoms with Crippen molar-refractivity contribution in [3.05, 3.63) is 18.5 Å². The van der Waals surface area contributed by atoms with Crippen LogP contribution in [0.2, 0.25) is 0 Å². The number of nitrogens with zero attached hydrogens (tertiary/aromatic N) is 3. The molecule has 13 heavy (non-hydrogen) atoms. The van der Waals surface area contributed by atoms with Gasteiger partial charge in [-0.25, -0.2) is 0 Å². The maximum atomic E-state index is 11.3. The standard InChI is InChI=1S/C8H9N3O2/c12-7-3-8(13)11(5-7)6-1-2-9-10-4-6/h1-2,4,7,12H,3,5H2. The van der Waals surface area contributed by atoms with E-state index in [1.807, 2.05) is 0 Å². The molecule has 1 aromatic heterocycles. The SMILES string of the molecule is O=C1CC(O)CN1c1ccnnc1. The van der Waals surface area contributed by atoms with Gasteiger partial charge in [-0.2, -0.15) is 10.2 Å². The predicted octanol–water partition coefficient (Wildman–Crippen LogP) is -0.426. The molecular formula is C8H9N3O2. The minimum Gasteiger partial charge on any atom is -0.391 e. The quantitative estimate of drug-likeness (QED) is 0.635. The summed E-state index contributed by atoms with van der Waals surface area (Å²) in [5.74, 6) is -0.0690. The van der Waals surface area contributed by atoms with Crippen LogP contribution >= 0.6 is 0 Å². The highest BCUT2D eigenvalue weighted by atomic mass is 16.3. The topological polar surface area (TPSA) is 66.3 Å². The van der Waals surface area contributed by atoms with Gasteiger partial charge >= 0.3 is 0 Å². The number of aliphatic hydroxyl groups excluding tert-OH is 1. The van der Waals surface area contributed by atoms with Crippen LogP contribution in [0, 0.1) is 0 Å². The van der Waals surface area contributed by atoms with Gasteiger partial charge in [-0.15, -0.1) is 0 Å². The molecule has 5 heteroatoms. The number of aliphatic hydroxyl groups is 1. The summed E-state index contributed by atoms with van der Waals surface area (Å²) in [5.41, 5.74) is 0.691. The zero-order valence-corrected chi connectivity index (χ0v) is 6.92. The van der Waals surface area contributed by atoms with E-state index in [0.717, 1.165) is 0 Å². The molecule has 0 spiro atoms. The molecule has 2 heterocycles. The van der Waals surface area contributed by atoms with Crippen molar-refractivity contribution in [2.45, 2.75) is 12.5 Å². The van der Waals surface area contributed by atoms with Gasteiger partial charge in [0.25, 0.3) is 0 Å². The molecule has 1 amide bonds. The molecular weight excluding hydrogens is 170 g/mol.